The maximum atomic E-state index is 12.2. The quantitative estimate of drug-likeness (QED) is 0.771. The fourth-order valence-electron chi connectivity index (χ4n) is 2.11. The second-order valence-electron chi connectivity index (χ2n) is 5.28. The zero-order valence-corrected chi connectivity index (χ0v) is 11.1. The average Bonchev–Trinajstić information content (AvgIpc) is 2.27. The Hall–Kier alpha value is -1.30. The van der Waals surface area contributed by atoms with Crippen LogP contribution in [-0.4, -0.2) is 59.1 Å². The first-order valence-electron chi connectivity index (χ1n) is 6.41. The normalized spacial score (nSPS) is 17.0. The number of carbonyl (C=O) groups is 2. The minimum atomic E-state index is -0.974. The van der Waals surface area contributed by atoms with E-state index >= 15 is 0 Å². The molecule has 1 aliphatic heterocycles. The number of aliphatic carboxylic acids is 1. The van der Waals surface area contributed by atoms with E-state index < -0.39 is 5.97 Å². The Balaban J connectivity index is 2.60. The van der Waals surface area contributed by atoms with E-state index in [0.717, 1.165) is 12.8 Å². The third-order valence-corrected chi connectivity index (χ3v) is 2.99. The van der Waals surface area contributed by atoms with E-state index in [2.05, 4.69) is 0 Å². The number of carboxylic acid groups (broad SMARTS) is 1. The number of amides is 2. The molecule has 1 rings (SSSR count). The van der Waals surface area contributed by atoms with Gasteiger partial charge in [0.2, 0.25) is 0 Å². The van der Waals surface area contributed by atoms with E-state index in [0.29, 0.717) is 19.6 Å². The van der Waals surface area contributed by atoms with E-state index in [1.54, 1.807) is 4.90 Å². The van der Waals surface area contributed by atoms with Crippen LogP contribution in [0.3, 0.4) is 0 Å². The Kier molecular flexibility index (Phi) is 5.40. The van der Waals surface area contributed by atoms with Crippen LogP contribution in [0.1, 0.15) is 26.7 Å². The summed E-state index contributed by atoms with van der Waals surface area (Å²) < 4.78 is 0. The van der Waals surface area contributed by atoms with Crippen LogP contribution in [0.5, 0.6) is 0 Å². The Morgan fingerprint density at radius 1 is 1.39 bits per heavy atom. The highest BCUT2D eigenvalue weighted by molar-refractivity contribution is 5.80. The number of nitrogens with zero attached hydrogens (tertiary/aromatic N) is 2. The van der Waals surface area contributed by atoms with Gasteiger partial charge in [0.15, 0.2) is 0 Å². The summed E-state index contributed by atoms with van der Waals surface area (Å²) in [6.45, 7) is 5.40. The molecule has 0 aromatic heterocycles. The molecule has 18 heavy (non-hydrogen) atoms. The van der Waals surface area contributed by atoms with E-state index in [1.165, 1.54) is 4.90 Å². The molecule has 0 aromatic rings. The molecule has 0 bridgehead atoms. The molecule has 1 fully saturated rings. The first-order valence-corrected chi connectivity index (χ1v) is 6.41. The van der Waals surface area contributed by atoms with Crippen molar-refractivity contribution in [2.75, 3.05) is 26.2 Å². The van der Waals surface area contributed by atoms with Crippen LogP contribution in [0, 0.1) is 5.92 Å². The number of carboxylic acids is 1. The Morgan fingerprint density at radius 3 is 2.39 bits per heavy atom. The summed E-state index contributed by atoms with van der Waals surface area (Å²) in [4.78, 5) is 26.1. The van der Waals surface area contributed by atoms with Crippen LogP contribution in [0.4, 0.5) is 4.79 Å². The summed E-state index contributed by atoms with van der Waals surface area (Å²) in [6.07, 6.45) is 1.57. The fraction of sp³-hybridized carbons (Fsp3) is 0.833. The number of hydrogen-bond acceptors (Lipinski definition) is 3. The third-order valence-electron chi connectivity index (χ3n) is 2.99. The van der Waals surface area contributed by atoms with Crippen LogP contribution in [-0.2, 0) is 4.79 Å². The minimum Gasteiger partial charge on any atom is -0.480 e. The highest BCUT2D eigenvalue weighted by Gasteiger charge is 2.26. The van der Waals surface area contributed by atoms with E-state index in [-0.39, 0.29) is 24.5 Å². The van der Waals surface area contributed by atoms with Gasteiger partial charge in [-0.3, -0.25) is 4.79 Å². The minimum absolute atomic E-state index is 0.159. The van der Waals surface area contributed by atoms with Crippen LogP contribution in [0.15, 0.2) is 0 Å². The Bertz CT molecular complexity index is 299. The first kappa shape index (κ1) is 14.8. The summed E-state index contributed by atoms with van der Waals surface area (Å²) in [6, 6.07) is -0.0231. The third kappa shape index (κ3) is 4.52. The molecule has 3 N–H and O–H groups in total. The highest BCUT2D eigenvalue weighted by Crippen LogP contribution is 2.12. The average molecular weight is 257 g/mol. The number of likely N-dealkylation sites (tertiary alicyclic amines) is 1. The Labute approximate surface area is 108 Å². The summed E-state index contributed by atoms with van der Waals surface area (Å²) in [7, 11) is 0. The molecular formula is C12H23N3O3. The van der Waals surface area contributed by atoms with Gasteiger partial charge in [0.1, 0.15) is 6.54 Å². The highest BCUT2D eigenvalue weighted by atomic mass is 16.4. The maximum Gasteiger partial charge on any atom is 0.323 e. The molecule has 6 heteroatoms. The van der Waals surface area contributed by atoms with Gasteiger partial charge in [-0.2, -0.15) is 0 Å². The lowest BCUT2D eigenvalue weighted by atomic mass is 10.1. The molecule has 1 aliphatic rings. The van der Waals surface area contributed by atoms with Crippen molar-refractivity contribution in [1.29, 1.82) is 0 Å². The van der Waals surface area contributed by atoms with Crippen molar-refractivity contribution in [3.8, 4) is 0 Å². The van der Waals surface area contributed by atoms with Gasteiger partial charge in [-0.1, -0.05) is 13.8 Å². The zero-order chi connectivity index (χ0) is 13.7. The van der Waals surface area contributed by atoms with Crippen LogP contribution < -0.4 is 5.73 Å². The van der Waals surface area contributed by atoms with Crippen molar-refractivity contribution in [1.82, 2.24) is 9.80 Å². The maximum absolute atomic E-state index is 12.2. The van der Waals surface area contributed by atoms with Gasteiger partial charge in [-0.05, 0) is 18.8 Å². The summed E-state index contributed by atoms with van der Waals surface area (Å²) in [5.41, 5.74) is 5.79. The van der Waals surface area contributed by atoms with E-state index in [4.69, 9.17) is 10.8 Å². The lowest BCUT2D eigenvalue weighted by Crippen LogP contribution is -2.50. The van der Waals surface area contributed by atoms with Gasteiger partial charge in [0.05, 0.1) is 0 Å². The number of urea groups is 1. The van der Waals surface area contributed by atoms with Gasteiger partial charge < -0.3 is 20.6 Å². The molecule has 0 aliphatic carbocycles. The van der Waals surface area contributed by atoms with Crippen molar-refractivity contribution in [2.45, 2.75) is 32.7 Å². The molecule has 0 unspecified atom stereocenters. The molecule has 2 amide bonds. The van der Waals surface area contributed by atoms with Gasteiger partial charge in [0.25, 0.3) is 0 Å². The molecule has 0 saturated carbocycles. The second-order valence-corrected chi connectivity index (χ2v) is 5.28. The fourth-order valence-corrected chi connectivity index (χ4v) is 2.11. The van der Waals surface area contributed by atoms with Gasteiger partial charge in [0, 0.05) is 25.7 Å². The molecule has 0 spiro atoms. The largest absolute Gasteiger partial charge is 0.480 e. The number of hydrogen-bond donors (Lipinski definition) is 2. The smallest absolute Gasteiger partial charge is 0.323 e. The zero-order valence-electron chi connectivity index (χ0n) is 11.1. The van der Waals surface area contributed by atoms with Crippen molar-refractivity contribution < 1.29 is 14.7 Å². The van der Waals surface area contributed by atoms with Crippen molar-refractivity contribution in [3.05, 3.63) is 0 Å². The van der Waals surface area contributed by atoms with Crippen LogP contribution in [0.25, 0.3) is 0 Å². The van der Waals surface area contributed by atoms with Crippen LogP contribution in [0.2, 0.25) is 0 Å². The summed E-state index contributed by atoms with van der Waals surface area (Å²) in [5.74, 6) is -0.724. The van der Waals surface area contributed by atoms with Gasteiger partial charge in [-0.15, -0.1) is 0 Å². The van der Waals surface area contributed by atoms with E-state index in [9.17, 15) is 9.59 Å². The lowest BCUT2D eigenvalue weighted by Gasteiger charge is -2.34. The number of rotatable bonds is 4. The molecule has 0 aromatic carbocycles. The molecular weight excluding hydrogens is 234 g/mol. The monoisotopic (exact) mass is 257 g/mol. The van der Waals surface area contributed by atoms with Crippen molar-refractivity contribution in [2.24, 2.45) is 11.7 Å². The van der Waals surface area contributed by atoms with Crippen molar-refractivity contribution >= 4 is 12.0 Å². The summed E-state index contributed by atoms with van der Waals surface area (Å²) >= 11 is 0. The number of carbonyl (C=O) groups excluding carboxylic acids is 1. The van der Waals surface area contributed by atoms with Gasteiger partial charge >= 0.3 is 12.0 Å². The SMILES string of the molecule is CC(C)CN(CC(=O)O)C(=O)N1CCC(N)CC1. The molecule has 1 saturated heterocycles. The lowest BCUT2D eigenvalue weighted by molar-refractivity contribution is -0.137. The first-order chi connectivity index (χ1) is 8.40. The predicted molar refractivity (Wildman–Crippen MR) is 68.2 cm³/mol. The predicted octanol–water partition coefficient (Wildman–Crippen LogP) is 0.572. The molecule has 0 atom stereocenters. The van der Waals surface area contributed by atoms with Crippen molar-refractivity contribution in [3.63, 3.8) is 0 Å². The molecule has 104 valence electrons. The standard InChI is InChI=1S/C12H23N3O3/c1-9(2)7-15(8-11(16)17)12(18)14-5-3-10(13)4-6-14/h9-10H,3-8,13H2,1-2H3,(H,16,17). The molecule has 1 heterocycles. The Morgan fingerprint density at radius 2 is 1.94 bits per heavy atom. The number of piperidine rings is 1. The summed E-state index contributed by atoms with van der Waals surface area (Å²) in [5, 5.41) is 8.85. The van der Waals surface area contributed by atoms with Crippen LogP contribution >= 0.6 is 0 Å². The van der Waals surface area contributed by atoms with E-state index in [1.807, 2.05) is 13.8 Å². The molecule has 6 nitrogen and oxygen atoms in total. The second kappa shape index (κ2) is 6.58. The molecule has 0 radical (unpaired) electrons. The number of nitrogens with two attached hydrogens (primary N) is 1. The van der Waals surface area contributed by atoms with Gasteiger partial charge in [-0.25, -0.2) is 4.79 Å². The topological polar surface area (TPSA) is 86.9 Å².